The molecule has 3 rings (SSSR count). The molecule has 2 aromatic rings. The fraction of sp³-hybridized carbons (Fsp3) is 0.526. The highest BCUT2D eigenvalue weighted by atomic mass is 32.2. The third-order valence-electron chi connectivity index (χ3n) is 5.01. The standard InChI is InChI=1S/C19H26N4OS/c1-13-8-4-6-10-15(13)18-21-22-19(23(18)3)25-12-17(24)20-16-11-7-5-9-14(16)2/h4,6,8,10,14,16H,5,7,9,11-12H2,1-3H3,(H,20,24). The van der Waals surface area contributed by atoms with Crippen molar-refractivity contribution in [3.8, 4) is 11.4 Å². The number of rotatable bonds is 5. The third-order valence-corrected chi connectivity index (χ3v) is 6.03. The smallest absolute Gasteiger partial charge is 0.230 e. The van der Waals surface area contributed by atoms with Crippen LogP contribution in [0.1, 0.15) is 38.2 Å². The first-order chi connectivity index (χ1) is 12.1. The average Bonchev–Trinajstić information content (AvgIpc) is 2.96. The van der Waals surface area contributed by atoms with Crippen LogP contribution in [-0.2, 0) is 11.8 Å². The number of aryl methyl sites for hydroxylation is 1. The van der Waals surface area contributed by atoms with Crippen molar-refractivity contribution < 1.29 is 4.79 Å². The van der Waals surface area contributed by atoms with Crippen molar-refractivity contribution in [2.24, 2.45) is 13.0 Å². The molecule has 1 amide bonds. The molecule has 1 N–H and O–H groups in total. The van der Waals surface area contributed by atoms with E-state index in [-0.39, 0.29) is 5.91 Å². The second-order valence-corrected chi connectivity index (χ2v) is 7.85. The van der Waals surface area contributed by atoms with E-state index in [1.165, 1.54) is 36.6 Å². The van der Waals surface area contributed by atoms with E-state index in [1.54, 1.807) is 0 Å². The van der Waals surface area contributed by atoms with Gasteiger partial charge in [-0.05, 0) is 31.2 Å². The van der Waals surface area contributed by atoms with Crippen LogP contribution in [0.2, 0.25) is 0 Å². The molecule has 25 heavy (non-hydrogen) atoms. The van der Waals surface area contributed by atoms with Crippen LogP contribution in [0.5, 0.6) is 0 Å². The Morgan fingerprint density at radius 3 is 2.80 bits per heavy atom. The number of aromatic nitrogens is 3. The predicted molar refractivity (Wildman–Crippen MR) is 101 cm³/mol. The van der Waals surface area contributed by atoms with Crippen LogP contribution in [0.25, 0.3) is 11.4 Å². The fourth-order valence-electron chi connectivity index (χ4n) is 3.41. The second kappa shape index (κ2) is 8.04. The lowest BCUT2D eigenvalue weighted by Crippen LogP contribution is -2.41. The maximum Gasteiger partial charge on any atom is 0.230 e. The Labute approximate surface area is 153 Å². The summed E-state index contributed by atoms with van der Waals surface area (Å²) >= 11 is 1.44. The van der Waals surface area contributed by atoms with Gasteiger partial charge in [0.15, 0.2) is 11.0 Å². The average molecular weight is 359 g/mol. The quantitative estimate of drug-likeness (QED) is 0.830. The van der Waals surface area contributed by atoms with E-state index < -0.39 is 0 Å². The summed E-state index contributed by atoms with van der Waals surface area (Å²) in [5.41, 5.74) is 2.24. The number of hydrogen-bond donors (Lipinski definition) is 1. The number of amides is 1. The van der Waals surface area contributed by atoms with Crippen LogP contribution >= 0.6 is 11.8 Å². The van der Waals surface area contributed by atoms with Gasteiger partial charge in [-0.3, -0.25) is 4.79 Å². The van der Waals surface area contributed by atoms with Crippen molar-refractivity contribution >= 4 is 17.7 Å². The summed E-state index contributed by atoms with van der Waals surface area (Å²) < 4.78 is 1.96. The molecule has 1 aromatic carbocycles. The monoisotopic (exact) mass is 358 g/mol. The van der Waals surface area contributed by atoms with Gasteiger partial charge in [0.25, 0.3) is 0 Å². The van der Waals surface area contributed by atoms with Crippen molar-refractivity contribution in [1.82, 2.24) is 20.1 Å². The number of carbonyl (C=O) groups excluding carboxylic acids is 1. The zero-order valence-corrected chi connectivity index (χ0v) is 16.0. The largest absolute Gasteiger partial charge is 0.352 e. The van der Waals surface area contributed by atoms with Crippen LogP contribution < -0.4 is 5.32 Å². The summed E-state index contributed by atoms with van der Waals surface area (Å²) in [4.78, 5) is 12.3. The van der Waals surface area contributed by atoms with Gasteiger partial charge in [0.2, 0.25) is 5.91 Å². The number of benzene rings is 1. The van der Waals surface area contributed by atoms with Gasteiger partial charge in [-0.1, -0.05) is 55.8 Å². The van der Waals surface area contributed by atoms with Crippen LogP contribution in [0, 0.1) is 12.8 Å². The molecule has 2 atom stereocenters. The maximum atomic E-state index is 12.3. The predicted octanol–water partition coefficient (Wildman–Crippen LogP) is 3.58. The van der Waals surface area contributed by atoms with Gasteiger partial charge >= 0.3 is 0 Å². The van der Waals surface area contributed by atoms with Crippen molar-refractivity contribution in [3.05, 3.63) is 29.8 Å². The summed E-state index contributed by atoms with van der Waals surface area (Å²) in [6.45, 7) is 4.30. The SMILES string of the molecule is Cc1ccccc1-c1nnc(SCC(=O)NC2CCCCC2C)n1C. The molecule has 1 aliphatic carbocycles. The molecule has 0 saturated heterocycles. The highest BCUT2D eigenvalue weighted by Crippen LogP contribution is 2.26. The zero-order valence-electron chi connectivity index (χ0n) is 15.2. The highest BCUT2D eigenvalue weighted by molar-refractivity contribution is 7.99. The first-order valence-electron chi connectivity index (χ1n) is 8.94. The van der Waals surface area contributed by atoms with E-state index in [0.29, 0.717) is 17.7 Å². The molecule has 0 spiro atoms. The number of hydrogen-bond acceptors (Lipinski definition) is 4. The van der Waals surface area contributed by atoms with E-state index >= 15 is 0 Å². The Bertz CT molecular complexity index is 743. The molecule has 134 valence electrons. The lowest BCUT2D eigenvalue weighted by atomic mass is 9.86. The molecule has 0 aliphatic heterocycles. The lowest BCUT2D eigenvalue weighted by molar-refractivity contribution is -0.119. The molecular weight excluding hydrogens is 332 g/mol. The number of nitrogens with one attached hydrogen (secondary N) is 1. The third kappa shape index (κ3) is 4.24. The highest BCUT2D eigenvalue weighted by Gasteiger charge is 2.23. The summed E-state index contributed by atoms with van der Waals surface area (Å²) in [6.07, 6.45) is 4.80. The molecule has 2 unspecified atom stereocenters. The Morgan fingerprint density at radius 1 is 1.28 bits per heavy atom. The lowest BCUT2D eigenvalue weighted by Gasteiger charge is -2.29. The first-order valence-corrected chi connectivity index (χ1v) is 9.92. The Kier molecular flexibility index (Phi) is 5.78. The van der Waals surface area contributed by atoms with Gasteiger partial charge in [-0.25, -0.2) is 0 Å². The molecule has 0 radical (unpaired) electrons. The molecule has 1 saturated carbocycles. The maximum absolute atomic E-state index is 12.3. The summed E-state index contributed by atoms with van der Waals surface area (Å²) in [7, 11) is 1.95. The van der Waals surface area contributed by atoms with E-state index in [2.05, 4.69) is 35.4 Å². The molecule has 1 aliphatic rings. The normalized spacial score (nSPS) is 20.4. The van der Waals surface area contributed by atoms with Gasteiger partial charge < -0.3 is 9.88 Å². The Balaban J connectivity index is 1.60. The summed E-state index contributed by atoms with van der Waals surface area (Å²) in [6, 6.07) is 8.45. The Hall–Kier alpha value is -1.82. The van der Waals surface area contributed by atoms with Crippen molar-refractivity contribution in [2.45, 2.75) is 50.7 Å². The molecule has 1 aromatic heterocycles. The van der Waals surface area contributed by atoms with Crippen LogP contribution in [0.15, 0.2) is 29.4 Å². The van der Waals surface area contributed by atoms with Crippen molar-refractivity contribution in [1.29, 1.82) is 0 Å². The van der Waals surface area contributed by atoms with Crippen molar-refractivity contribution in [2.75, 3.05) is 5.75 Å². The van der Waals surface area contributed by atoms with Crippen LogP contribution in [-0.4, -0.2) is 32.5 Å². The van der Waals surface area contributed by atoms with E-state index in [0.717, 1.165) is 23.0 Å². The topological polar surface area (TPSA) is 59.8 Å². The van der Waals surface area contributed by atoms with Crippen molar-refractivity contribution in [3.63, 3.8) is 0 Å². The first kappa shape index (κ1) is 18.0. The summed E-state index contributed by atoms with van der Waals surface area (Å²) in [5, 5.41) is 12.5. The number of thioether (sulfide) groups is 1. The fourth-order valence-corrected chi connectivity index (χ4v) is 4.13. The molecular formula is C19H26N4OS. The van der Waals surface area contributed by atoms with Gasteiger partial charge in [0, 0.05) is 18.7 Å². The van der Waals surface area contributed by atoms with E-state index in [4.69, 9.17) is 0 Å². The van der Waals surface area contributed by atoms with Gasteiger partial charge in [0.1, 0.15) is 0 Å². The van der Waals surface area contributed by atoms with E-state index in [1.807, 2.05) is 29.8 Å². The number of nitrogens with zero attached hydrogens (tertiary/aromatic N) is 3. The van der Waals surface area contributed by atoms with Crippen LogP contribution in [0.4, 0.5) is 0 Å². The second-order valence-electron chi connectivity index (χ2n) is 6.90. The molecule has 5 nitrogen and oxygen atoms in total. The van der Waals surface area contributed by atoms with Gasteiger partial charge in [-0.15, -0.1) is 10.2 Å². The van der Waals surface area contributed by atoms with Gasteiger partial charge in [0.05, 0.1) is 5.75 Å². The molecule has 0 bridgehead atoms. The van der Waals surface area contributed by atoms with E-state index in [9.17, 15) is 4.79 Å². The summed E-state index contributed by atoms with van der Waals surface area (Å²) in [5.74, 6) is 1.87. The molecule has 6 heteroatoms. The minimum Gasteiger partial charge on any atom is -0.352 e. The van der Waals surface area contributed by atoms with Crippen LogP contribution in [0.3, 0.4) is 0 Å². The number of carbonyl (C=O) groups is 1. The van der Waals surface area contributed by atoms with Gasteiger partial charge in [-0.2, -0.15) is 0 Å². The molecule has 1 heterocycles. The Morgan fingerprint density at radius 2 is 2.04 bits per heavy atom. The minimum atomic E-state index is 0.0872. The minimum absolute atomic E-state index is 0.0872. The zero-order chi connectivity index (χ0) is 17.8. The molecule has 1 fully saturated rings.